The Kier molecular flexibility index (Phi) is 5.87. The van der Waals surface area contributed by atoms with E-state index in [1.54, 1.807) is 12.1 Å². The van der Waals surface area contributed by atoms with E-state index in [2.05, 4.69) is 30.8 Å². The first-order valence-corrected chi connectivity index (χ1v) is 6.94. The van der Waals surface area contributed by atoms with Crippen molar-refractivity contribution in [1.29, 1.82) is 0 Å². The molecular weight excluding hydrogens is 267 g/mol. The monoisotopic (exact) mass is 289 g/mol. The van der Waals surface area contributed by atoms with Crippen LogP contribution in [0.3, 0.4) is 0 Å². The molecular formula is C15H22F3NO. The van der Waals surface area contributed by atoms with E-state index in [1.165, 1.54) is 12.1 Å². The number of ether oxygens (including phenoxy) is 1. The van der Waals surface area contributed by atoms with Crippen molar-refractivity contribution in [1.82, 2.24) is 5.32 Å². The molecule has 0 fully saturated rings. The summed E-state index contributed by atoms with van der Waals surface area (Å²) in [6.07, 6.45) is -1.57. The summed E-state index contributed by atoms with van der Waals surface area (Å²) < 4.78 is 40.0. The van der Waals surface area contributed by atoms with Gasteiger partial charge in [0.15, 0.2) is 0 Å². The molecule has 0 amide bonds. The number of halogens is 3. The molecule has 1 aromatic carbocycles. The Balaban J connectivity index is 2.62. The Morgan fingerprint density at radius 1 is 0.950 bits per heavy atom. The predicted octanol–water partition coefficient (Wildman–Crippen LogP) is 4.64. The standard InChI is InChI=1S/C15H22F3NO/c1-4-14(5-2,6-3)19-11-12-7-9-13(10-8-12)20-15(16,17)18/h7-10,19H,4-6,11H2,1-3H3. The summed E-state index contributed by atoms with van der Waals surface area (Å²) >= 11 is 0. The Morgan fingerprint density at radius 3 is 1.85 bits per heavy atom. The van der Waals surface area contributed by atoms with Gasteiger partial charge in [0.1, 0.15) is 5.75 Å². The maximum absolute atomic E-state index is 12.0. The highest BCUT2D eigenvalue weighted by atomic mass is 19.4. The molecule has 1 N–H and O–H groups in total. The Labute approximate surface area is 118 Å². The van der Waals surface area contributed by atoms with Crippen molar-refractivity contribution < 1.29 is 17.9 Å². The van der Waals surface area contributed by atoms with E-state index in [4.69, 9.17) is 0 Å². The molecule has 0 saturated heterocycles. The molecule has 0 aromatic heterocycles. The van der Waals surface area contributed by atoms with Crippen molar-refractivity contribution in [2.45, 2.75) is 58.5 Å². The van der Waals surface area contributed by atoms with Crippen molar-refractivity contribution in [2.24, 2.45) is 0 Å². The average molecular weight is 289 g/mol. The summed E-state index contributed by atoms with van der Waals surface area (Å²) in [4.78, 5) is 0. The minimum Gasteiger partial charge on any atom is -0.406 e. The van der Waals surface area contributed by atoms with Crippen molar-refractivity contribution >= 4 is 0 Å². The fourth-order valence-electron chi connectivity index (χ4n) is 2.22. The van der Waals surface area contributed by atoms with E-state index in [9.17, 15) is 13.2 Å². The van der Waals surface area contributed by atoms with Gasteiger partial charge in [-0.3, -0.25) is 0 Å². The van der Waals surface area contributed by atoms with Crippen LogP contribution in [0.5, 0.6) is 5.75 Å². The van der Waals surface area contributed by atoms with Crippen LogP contribution in [0.15, 0.2) is 24.3 Å². The molecule has 1 rings (SSSR count). The van der Waals surface area contributed by atoms with Crippen molar-refractivity contribution in [2.75, 3.05) is 0 Å². The van der Waals surface area contributed by atoms with Crippen LogP contribution in [-0.4, -0.2) is 11.9 Å². The van der Waals surface area contributed by atoms with Gasteiger partial charge in [-0.1, -0.05) is 32.9 Å². The maximum atomic E-state index is 12.0. The summed E-state index contributed by atoms with van der Waals surface area (Å²) in [6.45, 7) is 7.06. The zero-order chi connectivity index (χ0) is 15.2. The molecule has 0 heterocycles. The molecule has 2 nitrogen and oxygen atoms in total. The van der Waals surface area contributed by atoms with Gasteiger partial charge in [-0.25, -0.2) is 0 Å². The normalized spacial score (nSPS) is 12.5. The SMILES string of the molecule is CCC(CC)(CC)NCc1ccc(OC(F)(F)F)cc1. The fraction of sp³-hybridized carbons (Fsp3) is 0.600. The smallest absolute Gasteiger partial charge is 0.406 e. The Bertz CT molecular complexity index is 388. The minimum atomic E-state index is -4.64. The zero-order valence-electron chi connectivity index (χ0n) is 12.2. The molecule has 5 heteroatoms. The molecule has 0 aliphatic rings. The average Bonchev–Trinajstić information content (AvgIpc) is 2.41. The number of nitrogens with one attached hydrogen (secondary N) is 1. The van der Waals surface area contributed by atoms with E-state index in [-0.39, 0.29) is 11.3 Å². The van der Waals surface area contributed by atoms with E-state index >= 15 is 0 Å². The third-order valence-electron chi connectivity index (χ3n) is 3.85. The molecule has 20 heavy (non-hydrogen) atoms. The first kappa shape index (κ1) is 16.8. The predicted molar refractivity (Wildman–Crippen MR) is 73.6 cm³/mol. The third-order valence-corrected chi connectivity index (χ3v) is 3.85. The van der Waals surface area contributed by atoms with E-state index in [1.807, 2.05) is 0 Å². The van der Waals surface area contributed by atoms with E-state index in [0.29, 0.717) is 6.54 Å². The quantitative estimate of drug-likeness (QED) is 0.789. The van der Waals surface area contributed by atoms with Gasteiger partial charge in [-0.2, -0.15) is 0 Å². The first-order valence-electron chi connectivity index (χ1n) is 6.94. The second-order valence-electron chi connectivity index (χ2n) is 4.89. The van der Waals surface area contributed by atoms with Crippen LogP contribution in [0, 0.1) is 0 Å². The van der Waals surface area contributed by atoms with Gasteiger partial charge >= 0.3 is 6.36 Å². The van der Waals surface area contributed by atoms with Crippen molar-refractivity contribution in [3.8, 4) is 5.75 Å². The fourth-order valence-corrected chi connectivity index (χ4v) is 2.22. The van der Waals surface area contributed by atoms with E-state index in [0.717, 1.165) is 24.8 Å². The Morgan fingerprint density at radius 2 is 1.45 bits per heavy atom. The molecule has 1 aromatic rings. The number of rotatable bonds is 7. The number of alkyl halides is 3. The molecule has 0 aliphatic carbocycles. The van der Waals surface area contributed by atoms with Crippen LogP contribution in [0.1, 0.15) is 45.6 Å². The summed E-state index contributed by atoms with van der Waals surface area (Å²) in [6, 6.07) is 5.99. The lowest BCUT2D eigenvalue weighted by Crippen LogP contribution is -2.43. The first-order chi connectivity index (χ1) is 9.34. The second-order valence-corrected chi connectivity index (χ2v) is 4.89. The van der Waals surface area contributed by atoms with Crippen LogP contribution in [0.4, 0.5) is 13.2 Å². The molecule has 0 radical (unpaired) electrons. The molecule has 114 valence electrons. The lowest BCUT2D eigenvalue weighted by atomic mass is 9.89. The highest BCUT2D eigenvalue weighted by Crippen LogP contribution is 2.24. The van der Waals surface area contributed by atoms with Gasteiger partial charge in [-0.15, -0.1) is 13.2 Å². The highest BCUT2D eigenvalue weighted by molar-refractivity contribution is 5.27. The van der Waals surface area contributed by atoms with Crippen LogP contribution in [0.2, 0.25) is 0 Å². The molecule has 0 saturated carbocycles. The summed E-state index contributed by atoms with van der Waals surface area (Å²) in [5, 5.41) is 3.50. The summed E-state index contributed by atoms with van der Waals surface area (Å²) in [5.41, 5.74) is 1.04. The minimum absolute atomic E-state index is 0.0984. The largest absolute Gasteiger partial charge is 0.573 e. The van der Waals surface area contributed by atoms with Gasteiger partial charge < -0.3 is 10.1 Å². The topological polar surface area (TPSA) is 21.3 Å². The van der Waals surface area contributed by atoms with Crippen LogP contribution in [-0.2, 0) is 6.54 Å². The van der Waals surface area contributed by atoms with Crippen molar-refractivity contribution in [3.05, 3.63) is 29.8 Å². The lowest BCUT2D eigenvalue weighted by molar-refractivity contribution is -0.274. The molecule has 0 unspecified atom stereocenters. The molecule has 0 aliphatic heterocycles. The van der Waals surface area contributed by atoms with Crippen LogP contribution in [0.25, 0.3) is 0 Å². The van der Waals surface area contributed by atoms with Gasteiger partial charge in [0.25, 0.3) is 0 Å². The highest BCUT2D eigenvalue weighted by Gasteiger charge is 2.31. The van der Waals surface area contributed by atoms with Gasteiger partial charge in [0.05, 0.1) is 0 Å². The Hall–Kier alpha value is -1.23. The number of hydrogen-bond donors (Lipinski definition) is 1. The number of hydrogen-bond acceptors (Lipinski definition) is 2. The summed E-state index contributed by atoms with van der Waals surface area (Å²) in [7, 11) is 0. The van der Waals surface area contributed by atoms with Crippen LogP contribution >= 0.6 is 0 Å². The van der Waals surface area contributed by atoms with Gasteiger partial charge in [-0.05, 0) is 37.0 Å². The molecule has 0 bridgehead atoms. The van der Waals surface area contributed by atoms with Crippen molar-refractivity contribution in [3.63, 3.8) is 0 Å². The van der Waals surface area contributed by atoms with E-state index < -0.39 is 6.36 Å². The third kappa shape index (κ3) is 5.04. The van der Waals surface area contributed by atoms with Crippen LogP contribution < -0.4 is 10.1 Å². The van der Waals surface area contributed by atoms with Gasteiger partial charge in [0.2, 0.25) is 0 Å². The summed E-state index contributed by atoms with van der Waals surface area (Å²) in [5.74, 6) is -0.186. The lowest BCUT2D eigenvalue weighted by Gasteiger charge is -2.32. The zero-order valence-corrected chi connectivity index (χ0v) is 12.2. The molecule has 0 atom stereocenters. The molecule has 0 spiro atoms. The maximum Gasteiger partial charge on any atom is 0.573 e. The second kappa shape index (κ2) is 6.97. The number of benzene rings is 1. The van der Waals surface area contributed by atoms with Gasteiger partial charge in [0, 0.05) is 12.1 Å².